The van der Waals surface area contributed by atoms with Crippen LogP contribution >= 0.6 is 0 Å². The lowest BCUT2D eigenvalue weighted by Crippen LogP contribution is -2.42. The summed E-state index contributed by atoms with van der Waals surface area (Å²) in [4.78, 5) is 12.6. The van der Waals surface area contributed by atoms with Crippen LogP contribution in [0.5, 0.6) is 0 Å². The summed E-state index contributed by atoms with van der Waals surface area (Å²) in [6.07, 6.45) is 12.8. The molecule has 112 valence electrons. The van der Waals surface area contributed by atoms with Gasteiger partial charge in [0.25, 0.3) is 0 Å². The van der Waals surface area contributed by atoms with E-state index in [1.165, 1.54) is 32.1 Å². The van der Waals surface area contributed by atoms with Gasteiger partial charge in [0.15, 0.2) is 0 Å². The molecule has 0 amide bonds. The largest absolute Gasteiger partial charge is 0.317 e. The van der Waals surface area contributed by atoms with Gasteiger partial charge < -0.3 is 5.32 Å². The van der Waals surface area contributed by atoms with E-state index in [1.54, 1.807) is 0 Å². The Morgan fingerprint density at radius 2 is 1.58 bits per heavy atom. The molecular formula is C17H33NO. The third kappa shape index (κ3) is 5.64. The van der Waals surface area contributed by atoms with Crippen molar-refractivity contribution in [2.45, 2.75) is 84.5 Å². The standard InChI is InChI=1S/C17H33NO/c1-3-5-6-7-8-9-10-16(19)17(11-4-2)12-14-18-15-13-17/h18H,3-15H2,1-2H3. The molecule has 0 aliphatic carbocycles. The maximum absolute atomic E-state index is 12.6. The van der Waals surface area contributed by atoms with Crippen molar-refractivity contribution in [2.24, 2.45) is 5.41 Å². The molecule has 0 radical (unpaired) electrons. The summed E-state index contributed by atoms with van der Waals surface area (Å²) >= 11 is 0. The van der Waals surface area contributed by atoms with Gasteiger partial charge in [0.2, 0.25) is 0 Å². The Morgan fingerprint density at radius 3 is 2.21 bits per heavy atom. The molecule has 1 fully saturated rings. The van der Waals surface area contributed by atoms with Crippen LogP contribution in [0.2, 0.25) is 0 Å². The highest BCUT2D eigenvalue weighted by molar-refractivity contribution is 5.84. The molecule has 0 aromatic rings. The first-order valence-electron chi connectivity index (χ1n) is 8.49. The second-order valence-corrected chi connectivity index (χ2v) is 6.22. The molecule has 1 aliphatic rings. The van der Waals surface area contributed by atoms with Gasteiger partial charge in [-0.05, 0) is 38.8 Å². The van der Waals surface area contributed by atoms with Crippen LogP contribution in [0.1, 0.15) is 84.5 Å². The van der Waals surface area contributed by atoms with Crippen molar-refractivity contribution in [3.05, 3.63) is 0 Å². The lowest BCUT2D eigenvalue weighted by molar-refractivity contribution is -0.131. The van der Waals surface area contributed by atoms with E-state index in [0.717, 1.165) is 51.6 Å². The summed E-state index contributed by atoms with van der Waals surface area (Å²) in [5.41, 5.74) is 0.0312. The molecule has 1 aliphatic heterocycles. The fourth-order valence-corrected chi connectivity index (χ4v) is 3.38. The van der Waals surface area contributed by atoms with E-state index < -0.39 is 0 Å². The van der Waals surface area contributed by atoms with Crippen LogP contribution in [-0.4, -0.2) is 18.9 Å². The highest BCUT2D eigenvalue weighted by Crippen LogP contribution is 2.36. The number of piperidine rings is 1. The molecule has 1 saturated heterocycles. The number of ketones is 1. The van der Waals surface area contributed by atoms with Crippen LogP contribution in [-0.2, 0) is 4.79 Å². The normalized spacial score (nSPS) is 18.4. The van der Waals surface area contributed by atoms with Crippen molar-refractivity contribution in [2.75, 3.05) is 13.1 Å². The summed E-state index contributed by atoms with van der Waals surface area (Å²) in [5.74, 6) is 0.561. The van der Waals surface area contributed by atoms with Gasteiger partial charge in [0, 0.05) is 11.8 Å². The second kappa shape index (κ2) is 9.52. The fourth-order valence-electron chi connectivity index (χ4n) is 3.38. The van der Waals surface area contributed by atoms with Crippen molar-refractivity contribution in [1.29, 1.82) is 0 Å². The smallest absolute Gasteiger partial charge is 0.139 e. The van der Waals surface area contributed by atoms with Crippen LogP contribution in [0.25, 0.3) is 0 Å². The molecule has 0 aromatic carbocycles. The molecule has 2 nitrogen and oxygen atoms in total. The molecule has 0 unspecified atom stereocenters. The van der Waals surface area contributed by atoms with Gasteiger partial charge >= 0.3 is 0 Å². The van der Waals surface area contributed by atoms with E-state index in [0.29, 0.717) is 5.78 Å². The van der Waals surface area contributed by atoms with E-state index in [2.05, 4.69) is 19.2 Å². The SMILES string of the molecule is CCCCCCCCC(=O)C1(CCC)CCNCC1. The Labute approximate surface area is 119 Å². The maximum Gasteiger partial charge on any atom is 0.139 e. The first-order valence-corrected chi connectivity index (χ1v) is 8.49. The van der Waals surface area contributed by atoms with E-state index in [9.17, 15) is 4.79 Å². The molecule has 1 heterocycles. The van der Waals surface area contributed by atoms with Gasteiger partial charge in [-0.15, -0.1) is 0 Å². The molecule has 0 aromatic heterocycles. The summed E-state index contributed by atoms with van der Waals surface area (Å²) in [6.45, 7) is 6.52. The van der Waals surface area contributed by atoms with Crippen LogP contribution in [0.3, 0.4) is 0 Å². The van der Waals surface area contributed by atoms with Gasteiger partial charge in [-0.2, -0.15) is 0 Å². The minimum atomic E-state index is 0.0312. The van der Waals surface area contributed by atoms with Crippen molar-refractivity contribution < 1.29 is 4.79 Å². The molecule has 1 N–H and O–H groups in total. The Balaban J connectivity index is 2.28. The van der Waals surface area contributed by atoms with Crippen LogP contribution in [0.15, 0.2) is 0 Å². The zero-order chi connectivity index (χ0) is 14.0. The zero-order valence-electron chi connectivity index (χ0n) is 13.1. The Kier molecular flexibility index (Phi) is 8.36. The third-order valence-electron chi connectivity index (χ3n) is 4.64. The van der Waals surface area contributed by atoms with E-state index in [1.807, 2.05) is 0 Å². The minimum Gasteiger partial charge on any atom is -0.317 e. The number of nitrogens with one attached hydrogen (secondary N) is 1. The van der Waals surface area contributed by atoms with E-state index >= 15 is 0 Å². The molecule has 0 atom stereocenters. The Morgan fingerprint density at radius 1 is 0.947 bits per heavy atom. The average Bonchev–Trinajstić information content (AvgIpc) is 2.44. The lowest BCUT2D eigenvalue weighted by atomic mass is 9.71. The molecule has 1 rings (SSSR count). The molecule has 0 spiro atoms. The number of carbonyl (C=O) groups excluding carboxylic acids is 1. The molecule has 2 heteroatoms. The predicted octanol–water partition coefficient (Wildman–Crippen LogP) is 4.48. The highest BCUT2D eigenvalue weighted by Gasteiger charge is 2.37. The maximum atomic E-state index is 12.6. The quantitative estimate of drug-likeness (QED) is 0.591. The van der Waals surface area contributed by atoms with E-state index in [4.69, 9.17) is 0 Å². The molecule has 0 saturated carbocycles. The molecule has 0 bridgehead atoms. The van der Waals surface area contributed by atoms with Crippen molar-refractivity contribution in [3.63, 3.8) is 0 Å². The van der Waals surface area contributed by atoms with Crippen molar-refractivity contribution >= 4 is 5.78 Å². The number of rotatable bonds is 10. The summed E-state index contributed by atoms with van der Waals surface area (Å²) in [7, 11) is 0. The third-order valence-corrected chi connectivity index (χ3v) is 4.64. The number of Topliss-reactive ketones (excluding diaryl/α,β-unsaturated/α-hetero) is 1. The van der Waals surface area contributed by atoms with E-state index in [-0.39, 0.29) is 5.41 Å². The Hall–Kier alpha value is -0.370. The summed E-state index contributed by atoms with van der Waals surface area (Å²) in [6, 6.07) is 0. The van der Waals surface area contributed by atoms with Gasteiger partial charge in [0.1, 0.15) is 5.78 Å². The number of unbranched alkanes of at least 4 members (excludes halogenated alkanes) is 5. The van der Waals surface area contributed by atoms with Crippen molar-refractivity contribution in [1.82, 2.24) is 5.32 Å². The average molecular weight is 267 g/mol. The van der Waals surface area contributed by atoms with Gasteiger partial charge in [-0.3, -0.25) is 4.79 Å². The lowest BCUT2D eigenvalue weighted by Gasteiger charge is -2.36. The van der Waals surface area contributed by atoms with Gasteiger partial charge in [-0.1, -0.05) is 52.4 Å². The topological polar surface area (TPSA) is 29.1 Å². The highest BCUT2D eigenvalue weighted by atomic mass is 16.1. The molecular weight excluding hydrogens is 234 g/mol. The number of hydrogen-bond donors (Lipinski definition) is 1. The van der Waals surface area contributed by atoms with Gasteiger partial charge in [-0.25, -0.2) is 0 Å². The number of hydrogen-bond acceptors (Lipinski definition) is 2. The van der Waals surface area contributed by atoms with Crippen LogP contribution < -0.4 is 5.32 Å². The van der Waals surface area contributed by atoms with Crippen LogP contribution in [0.4, 0.5) is 0 Å². The van der Waals surface area contributed by atoms with Crippen molar-refractivity contribution in [3.8, 4) is 0 Å². The first kappa shape index (κ1) is 16.7. The Bertz CT molecular complexity index is 238. The first-order chi connectivity index (χ1) is 9.25. The second-order valence-electron chi connectivity index (χ2n) is 6.22. The fraction of sp³-hybridized carbons (Fsp3) is 0.941. The zero-order valence-corrected chi connectivity index (χ0v) is 13.1. The van der Waals surface area contributed by atoms with Crippen LogP contribution in [0, 0.1) is 5.41 Å². The summed E-state index contributed by atoms with van der Waals surface area (Å²) < 4.78 is 0. The summed E-state index contributed by atoms with van der Waals surface area (Å²) in [5, 5.41) is 3.39. The minimum absolute atomic E-state index is 0.0312. The predicted molar refractivity (Wildman–Crippen MR) is 82.4 cm³/mol. The monoisotopic (exact) mass is 267 g/mol. The van der Waals surface area contributed by atoms with Gasteiger partial charge in [0.05, 0.1) is 0 Å². The molecule has 19 heavy (non-hydrogen) atoms. The number of carbonyl (C=O) groups is 1.